The summed E-state index contributed by atoms with van der Waals surface area (Å²) in [6.07, 6.45) is 4.13. The molecule has 0 aliphatic heterocycles. The summed E-state index contributed by atoms with van der Waals surface area (Å²) in [5.41, 5.74) is -3.60. The molecule has 2 aromatic carbocycles. The predicted molar refractivity (Wildman–Crippen MR) is 76.4 cm³/mol. The Morgan fingerprint density at radius 2 is 1.07 bits per heavy atom. The molecule has 0 N–H and O–H groups in total. The van der Waals surface area contributed by atoms with Crippen molar-refractivity contribution in [1.29, 1.82) is 0 Å². The van der Waals surface area contributed by atoms with E-state index in [-0.39, 0.29) is 38.3 Å². The van der Waals surface area contributed by atoms with Crippen LogP contribution < -0.4 is 0 Å². The van der Waals surface area contributed by atoms with Crippen molar-refractivity contribution >= 4 is 5.57 Å². The molecule has 0 spiro atoms. The van der Waals surface area contributed by atoms with Gasteiger partial charge in [-0.25, -0.2) is 38.0 Å². The molecule has 0 radical (unpaired) electrons. The summed E-state index contributed by atoms with van der Waals surface area (Å²) in [7, 11) is 0. The van der Waals surface area contributed by atoms with Crippen LogP contribution in [0.15, 0.2) is 17.7 Å². The Kier molecular flexibility index (Phi) is 7.72. The van der Waals surface area contributed by atoms with E-state index >= 15 is 0 Å². The van der Waals surface area contributed by atoms with Crippen LogP contribution in [0.4, 0.5) is 35.1 Å². The zero-order valence-corrected chi connectivity index (χ0v) is 16.1. The summed E-state index contributed by atoms with van der Waals surface area (Å²) < 4.78 is 108. The number of halogens is 8. The van der Waals surface area contributed by atoms with Gasteiger partial charge in [0.2, 0.25) is 0 Å². The molecule has 0 saturated heterocycles. The smallest absolute Gasteiger partial charge is 0.261 e. The summed E-state index contributed by atoms with van der Waals surface area (Å²) >= 11 is 0. The van der Waals surface area contributed by atoms with E-state index in [0.717, 1.165) is 13.8 Å². The van der Waals surface area contributed by atoms with Crippen LogP contribution in [0.5, 0.6) is 0 Å². The van der Waals surface area contributed by atoms with Crippen LogP contribution in [0.1, 0.15) is 25.0 Å². The van der Waals surface area contributed by atoms with Gasteiger partial charge in [0.15, 0.2) is 0 Å². The molecular weight excluding hydrogens is 459 g/mol. The van der Waals surface area contributed by atoms with Gasteiger partial charge in [0.25, 0.3) is 0 Å². The summed E-state index contributed by atoms with van der Waals surface area (Å²) in [6, 6.07) is -0.0549. The van der Waals surface area contributed by atoms with Gasteiger partial charge in [0, 0.05) is 6.07 Å². The van der Waals surface area contributed by atoms with Crippen LogP contribution in [0, 0.1) is 58.7 Å². The number of allylic oxidation sites excluding steroid dienone is 3. The quantitative estimate of drug-likeness (QED) is 0.232. The van der Waals surface area contributed by atoms with E-state index in [2.05, 4.69) is 6.08 Å². The molecular formula is C18H8F8Zr+2. The minimum Gasteiger partial charge on any atom is -0.261 e. The Morgan fingerprint density at radius 1 is 0.704 bits per heavy atom. The van der Waals surface area contributed by atoms with Crippen molar-refractivity contribution in [1.82, 2.24) is 0 Å². The molecule has 0 aliphatic carbocycles. The van der Waals surface area contributed by atoms with E-state index in [0.29, 0.717) is 0 Å². The molecule has 27 heavy (non-hydrogen) atoms. The van der Waals surface area contributed by atoms with Crippen molar-refractivity contribution in [2.75, 3.05) is 0 Å². The molecule has 0 saturated carbocycles. The van der Waals surface area contributed by atoms with Crippen LogP contribution >= 0.6 is 0 Å². The zero-order valence-electron chi connectivity index (χ0n) is 13.7. The van der Waals surface area contributed by atoms with Gasteiger partial charge in [-0.15, -0.1) is 13.8 Å². The molecule has 0 nitrogen and oxygen atoms in total. The van der Waals surface area contributed by atoms with E-state index in [9.17, 15) is 35.1 Å². The maximum absolute atomic E-state index is 13.9. The van der Waals surface area contributed by atoms with Crippen molar-refractivity contribution in [2.45, 2.75) is 13.8 Å². The van der Waals surface area contributed by atoms with Gasteiger partial charge in [-0.3, -0.25) is 20.4 Å². The molecule has 2 aromatic rings. The maximum atomic E-state index is 13.9. The minimum absolute atomic E-state index is 0. The fraction of sp³-hybridized carbons (Fsp3) is 0.111. The molecule has 9 heteroatoms. The van der Waals surface area contributed by atoms with Gasteiger partial charge >= 0.3 is 26.2 Å². The van der Waals surface area contributed by atoms with E-state index in [1.165, 1.54) is 0 Å². The average Bonchev–Trinajstić information content (AvgIpc) is 2.58. The first-order chi connectivity index (χ1) is 12.1. The SMILES string of the molecule is C[C-]=C(C(C)=[C-]c1c(F)c(F)cc(F)c1F)c1c(F)c(F)cc(F)c1F.[Zr+4]. The van der Waals surface area contributed by atoms with Gasteiger partial charge in [0.05, 0.1) is 11.6 Å². The van der Waals surface area contributed by atoms with Crippen LogP contribution in [0.3, 0.4) is 0 Å². The molecule has 0 bridgehead atoms. The van der Waals surface area contributed by atoms with Crippen LogP contribution in [-0.4, -0.2) is 0 Å². The van der Waals surface area contributed by atoms with E-state index in [1.54, 1.807) is 0 Å². The zero-order chi connectivity index (χ0) is 19.8. The van der Waals surface area contributed by atoms with Crippen LogP contribution in [-0.2, 0) is 26.2 Å². The first-order valence-electron chi connectivity index (χ1n) is 6.92. The fourth-order valence-electron chi connectivity index (χ4n) is 2.23. The van der Waals surface area contributed by atoms with Gasteiger partial charge in [-0.1, -0.05) is 11.1 Å². The fourth-order valence-corrected chi connectivity index (χ4v) is 2.23. The van der Waals surface area contributed by atoms with E-state index < -0.39 is 68.8 Å². The second-order valence-electron chi connectivity index (χ2n) is 5.06. The largest absolute Gasteiger partial charge is 4.00 e. The second kappa shape index (κ2) is 8.96. The van der Waals surface area contributed by atoms with Gasteiger partial charge < -0.3 is 0 Å². The average molecular weight is 467 g/mol. The first kappa shape index (κ1) is 23.3. The molecule has 2 rings (SSSR count). The van der Waals surface area contributed by atoms with Crippen molar-refractivity contribution in [3.63, 3.8) is 0 Å². The molecule has 0 fully saturated rings. The Labute approximate surface area is 168 Å². The summed E-state index contributed by atoms with van der Waals surface area (Å²) in [6.45, 7) is 2.11. The molecule has 0 heterocycles. The maximum Gasteiger partial charge on any atom is 4.00 e. The van der Waals surface area contributed by atoms with Crippen molar-refractivity contribution in [3.05, 3.63) is 87.5 Å². The number of hydrogen-bond acceptors (Lipinski definition) is 0. The third-order valence-electron chi connectivity index (χ3n) is 3.41. The van der Waals surface area contributed by atoms with Crippen molar-refractivity contribution in [3.8, 4) is 0 Å². The minimum atomic E-state index is -1.80. The molecule has 0 amide bonds. The third-order valence-corrected chi connectivity index (χ3v) is 3.41. The van der Waals surface area contributed by atoms with Crippen molar-refractivity contribution in [2.24, 2.45) is 0 Å². The molecule has 0 aliphatic rings. The molecule has 0 atom stereocenters. The summed E-state index contributed by atoms with van der Waals surface area (Å²) in [5, 5.41) is 0. The summed E-state index contributed by atoms with van der Waals surface area (Å²) in [4.78, 5) is 0. The van der Waals surface area contributed by atoms with Crippen LogP contribution in [0.25, 0.3) is 5.57 Å². The number of benzene rings is 2. The van der Waals surface area contributed by atoms with Crippen molar-refractivity contribution < 1.29 is 61.3 Å². The monoisotopic (exact) mass is 466 g/mol. The first-order valence-corrected chi connectivity index (χ1v) is 6.92. The molecule has 0 unspecified atom stereocenters. The normalized spacial score (nSPS) is 12.2. The van der Waals surface area contributed by atoms with Gasteiger partial charge in [0.1, 0.15) is 34.9 Å². The number of hydrogen-bond donors (Lipinski definition) is 0. The number of rotatable bonds is 3. The Bertz CT molecular complexity index is 895. The van der Waals surface area contributed by atoms with E-state index in [4.69, 9.17) is 0 Å². The van der Waals surface area contributed by atoms with E-state index in [1.807, 2.05) is 6.08 Å². The molecule has 138 valence electrons. The van der Waals surface area contributed by atoms with Crippen LogP contribution in [0.2, 0.25) is 0 Å². The predicted octanol–water partition coefficient (Wildman–Crippen LogP) is 5.80. The second-order valence-corrected chi connectivity index (χ2v) is 5.06. The topological polar surface area (TPSA) is 0 Å². The Balaban J connectivity index is 0.00000364. The standard InChI is InChI=1S/C18H8F8.Zr/c1-3-8(14-17(25)12(21)6-13(22)18(14)26)7(2)4-9-15(23)10(19)5-11(20)16(9)24;/h5-6H,1-2H3;/q-2;+4. The third kappa shape index (κ3) is 4.39. The Hall–Kier alpha value is -1.76. The Morgan fingerprint density at radius 3 is 1.44 bits per heavy atom. The van der Waals surface area contributed by atoms with Gasteiger partial charge in [-0.2, -0.15) is 0 Å². The summed E-state index contributed by atoms with van der Waals surface area (Å²) in [5.74, 6) is -14.0. The van der Waals surface area contributed by atoms with Gasteiger partial charge in [-0.05, 0) is 6.07 Å². The molecule has 0 aromatic heterocycles.